The van der Waals surface area contributed by atoms with E-state index < -0.39 is 5.69 Å². The maximum Gasteiger partial charge on any atom is 0.352 e. The van der Waals surface area contributed by atoms with Crippen molar-refractivity contribution < 1.29 is 10.2 Å². The normalized spacial score (nSPS) is 10.6. The van der Waals surface area contributed by atoms with Crippen LogP contribution in [0.15, 0.2) is 53.3 Å². The summed E-state index contributed by atoms with van der Waals surface area (Å²) in [5.74, 6) is -0.119. The molecule has 0 bridgehead atoms. The van der Waals surface area contributed by atoms with E-state index in [4.69, 9.17) is 0 Å². The molecule has 0 aliphatic heterocycles. The summed E-state index contributed by atoms with van der Waals surface area (Å²) < 4.78 is 1.26. The van der Waals surface area contributed by atoms with Gasteiger partial charge in [-0.3, -0.25) is 9.99 Å². The number of aromatic hydroxyl groups is 2. The van der Waals surface area contributed by atoms with Crippen LogP contribution in [-0.2, 0) is 13.6 Å². The van der Waals surface area contributed by atoms with Crippen LogP contribution in [0.4, 0.5) is 5.95 Å². The highest BCUT2D eigenvalue weighted by molar-refractivity contribution is 5.61. The number of nitrogens with zero attached hydrogens (tertiary/aromatic N) is 3. The summed E-state index contributed by atoms with van der Waals surface area (Å²) in [4.78, 5) is 20.2. The zero-order valence-electron chi connectivity index (χ0n) is 13.5. The highest BCUT2D eigenvalue weighted by Gasteiger charge is 2.11. The van der Waals surface area contributed by atoms with Gasteiger partial charge in [0.15, 0.2) is 11.5 Å². The summed E-state index contributed by atoms with van der Waals surface area (Å²) in [6, 6.07) is 13.9. The van der Waals surface area contributed by atoms with Crippen molar-refractivity contribution >= 4 is 5.95 Å². The number of phenolic OH excluding ortho intramolecular Hbond substituents is 2. The molecule has 1 heterocycles. The maximum absolute atomic E-state index is 12.1. The van der Waals surface area contributed by atoms with E-state index in [0.717, 1.165) is 5.56 Å². The van der Waals surface area contributed by atoms with Gasteiger partial charge in [0.2, 0.25) is 5.95 Å². The highest BCUT2D eigenvalue weighted by Crippen LogP contribution is 2.29. The summed E-state index contributed by atoms with van der Waals surface area (Å²) in [5, 5.41) is 19.1. The Morgan fingerprint density at radius 3 is 2.52 bits per heavy atom. The number of hydrazine groups is 1. The Hall–Kier alpha value is -3.39. The first-order valence-electron chi connectivity index (χ1n) is 7.55. The molecule has 0 spiro atoms. The Labute approximate surface area is 143 Å². The Balaban J connectivity index is 1.83. The van der Waals surface area contributed by atoms with Crippen LogP contribution in [0.5, 0.6) is 11.5 Å². The van der Waals surface area contributed by atoms with Gasteiger partial charge in [0.05, 0.1) is 0 Å². The number of aromatic nitrogens is 3. The average Bonchev–Trinajstić information content (AvgIpc) is 2.61. The first-order valence-corrected chi connectivity index (χ1v) is 7.55. The smallest absolute Gasteiger partial charge is 0.352 e. The fourth-order valence-corrected chi connectivity index (χ4v) is 2.25. The van der Waals surface area contributed by atoms with E-state index in [1.807, 2.05) is 30.3 Å². The lowest BCUT2D eigenvalue weighted by molar-refractivity contribution is 0.404. The third-order valence-electron chi connectivity index (χ3n) is 3.59. The molecule has 0 saturated heterocycles. The number of nitrogens with one attached hydrogen (secondary N) is 2. The fourth-order valence-electron chi connectivity index (χ4n) is 2.25. The largest absolute Gasteiger partial charge is 0.504 e. The van der Waals surface area contributed by atoms with Crippen molar-refractivity contribution in [3.05, 3.63) is 64.6 Å². The number of benzene rings is 2. The summed E-state index contributed by atoms with van der Waals surface area (Å²) in [5.41, 5.74) is 6.79. The lowest BCUT2D eigenvalue weighted by Gasteiger charge is -2.11. The van der Waals surface area contributed by atoms with Crippen molar-refractivity contribution in [3.63, 3.8) is 0 Å². The van der Waals surface area contributed by atoms with E-state index in [-0.39, 0.29) is 17.4 Å². The monoisotopic (exact) mass is 339 g/mol. The minimum absolute atomic E-state index is 0.113. The molecule has 128 valence electrons. The third kappa shape index (κ3) is 3.75. The molecule has 0 radical (unpaired) electrons. The first kappa shape index (κ1) is 16.5. The second kappa shape index (κ2) is 7.02. The molecule has 3 aromatic rings. The van der Waals surface area contributed by atoms with Crippen LogP contribution in [0.25, 0.3) is 11.4 Å². The molecule has 0 unspecified atom stereocenters. The molecular weight excluding hydrogens is 322 g/mol. The predicted octanol–water partition coefficient (Wildman–Crippen LogP) is 1.37. The minimum Gasteiger partial charge on any atom is -0.504 e. The van der Waals surface area contributed by atoms with Crippen molar-refractivity contribution in [2.24, 2.45) is 7.05 Å². The quantitative estimate of drug-likeness (QED) is 0.410. The highest BCUT2D eigenvalue weighted by atomic mass is 16.3. The van der Waals surface area contributed by atoms with Crippen LogP contribution in [0, 0.1) is 0 Å². The molecule has 8 heteroatoms. The lowest BCUT2D eigenvalue weighted by atomic mass is 10.2. The SMILES string of the molecule is Cn1c(-c2ccc(O)c(O)c2)nc(NNCc2ccccc2)nc1=O. The van der Waals surface area contributed by atoms with Gasteiger partial charge in [0, 0.05) is 19.2 Å². The Kier molecular flexibility index (Phi) is 4.62. The third-order valence-corrected chi connectivity index (χ3v) is 3.59. The van der Waals surface area contributed by atoms with Crippen LogP contribution < -0.4 is 16.5 Å². The van der Waals surface area contributed by atoms with Crippen LogP contribution in [0.2, 0.25) is 0 Å². The Bertz CT molecular complexity index is 941. The lowest BCUT2D eigenvalue weighted by Crippen LogP contribution is -2.29. The van der Waals surface area contributed by atoms with Crippen molar-refractivity contribution in [2.45, 2.75) is 6.54 Å². The van der Waals surface area contributed by atoms with E-state index in [9.17, 15) is 15.0 Å². The zero-order valence-corrected chi connectivity index (χ0v) is 13.5. The van der Waals surface area contributed by atoms with Gasteiger partial charge in [-0.15, -0.1) is 0 Å². The van der Waals surface area contributed by atoms with Gasteiger partial charge < -0.3 is 10.2 Å². The number of rotatable bonds is 5. The van der Waals surface area contributed by atoms with Crippen LogP contribution in [0.3, 0.4) is 0 Å². The number of hydrogen-bond donors (Lipinski definition) is 4. The Morgan fingerprint density at radius 2 is 1.80 bits per heavy atom. The van der Waals surface area contributed by atoms with Crippen LogP contribution in [0.1, 0.15) is 5.56 Å². The van der Waals surface area contributed by atoms with E-state index in [1.54, 1.807) is 6.07 Å². The van der Waals surface area contributed by atoms with Gasteiger partial charge in [0.25, 0.3) is 0 Å². The van der Waals surface area contributed by atoms with E-state index in [0.29, 0.717) is 17.9 Å². The molecule has 25 heavy (non-hydrogen) atoms. The first-order chi connectivity index (χ1) is 12.0. The molecule has 0 aliphatic rings. The van der Waals surface area contributed by atoms with Crippen molar-refractivity contribution in [3.8, 4) is 22.9 Å². The molecular formula is C17H17N5O3. The molecule has 0 saturated carbocycles. The van der Waals surface area contributed by atoms with Gasteiger partial charge in [-0.05, 0) is 23.8 Å². The van der Waals surface area contributed by atoms with E-state index >= 15 is 0 Å². The average molecular weight is 339 g/mol. The molecule has 0 atom stereocenters. The molecule has 0 amide bonds. The second-order valence-corrected chi connectivity index (χ2v) is 5.38. The molecule has 2 aromatic carbocycles. The molecule has 1 aromatic heterocycles. The minimum atomic E-state index is -0.499. The second-order valence-electron chi connectivity index (χ2n) is 5.38. The number of phenols is 2. The van der Waals surface area contributed by atoms with Crippen LogP contribution >= 0.6 is 0 Å². The van der Waals surface area contributed by atoms with Gasteiger partial charge in [0.1, 0.15) is 5.82 Å². The zero-order chi connectivity index (χ0) is 17.8. The molecule has 0 fully saturated rings. The molecule has 3 rings (SSSR count). The van der Waals surface area contributed by atoms with E-state index in [1.165, 1.54) is 23.7 Å². The Morgan fingerprint density at radius 1 is 1.04 bits per heavy atom. The summed E-state index contributed by atoms with van der Waals surface area (Å²) in [7, 11) is 1.53. The van der Waals surface area contributed by atoms with Gasteiger partial charge in [-0.1, -0.05) is 30.3 Å². The van der Waals surface area contributed by atoms with E-state index in [2.05, 4.69) is 20.8 Å². The van der Waals surface area contributed by atoms with Crippen molar-refractivity contribution in [1.29, 1.82) is 0 Å². The topological polar surface area (TPSA) is 112 Å². The van der Waals surface area contributed by atoms with Crippen LogP contribution in [-0.4, -0.2) is 24.7 Å². The number of anilines is 1. The standard InChI is InChI=1S/C17H17N5O3/c1-22-15(12-7-8-13(23)14(24)9-12)19-16(20-17(22)25)21-18-10-11-5-3-2-4-6-11/h2-9,18,23-24H,10H2,1H3,(H,20,21,25). The van der Waals surface area contributed by atoms with Gasteiger partial charge in [-0.2, -0.15) is 9.97 Å². The predicted molar refractivity (Wildman–Crippen MR) is 92.9 cm³/mol. The maximum atomic E-state index is 12.1. The van der Waals surface area contributed by atoms with Gasteiger partial charge in [-0.25, -0.2) is 10.2 Å². The summed E-state index contributed by atoms with van der Waals surface area (Å²) in [6.45, 7) is 0.523. The van der Waals surface area contributed by atoms with Crippen molar-refractivity contribution in [2.75, 3.05) is 5.43 Å². The fraction of sp³-hybridized carbons (Fsp3) is 0.118. The molecule has 0 aliphatic carbocycles. The molecule has 4 N–H and O–H groups in total. The van der Waals surface area contributed by atoms with Crippen molar-refractivity contribution in [1.82, 2.24) is 20.0 Å². The molecule has 8 nitrogen and oxygen atoms in total. The number of hydrogen-bond acceptors (Lipinski definition) is 7. The summed E-state index contributed by atoms with van der Waals surface area (Å²) >= 11 is 0. The van der Waals surface area contributed by atoms with Gasteiger partial charge >= 0.3 is 5.69 Å². The summed E-state index contributed by atoms with van der Waals surface area (Å²) in [6.07, 6.45) is 0.